The predicted molar refractivity (Wildman–Crippen MR) is 143 cm³/mol. The highest BCUT2D eigenvalue weighted by Gasteiger charge is 2.63. The number of aliphatic hydroxyl groups excluding tert-OH is 2. The molecule has 12 heteroatoms. The Morgan fingerprint density at radius 1 is 1.15 bits per heavy atom. The molecule has 12 nitrogen and oxygen atoms in total. The highest BCUT2D eigenvalue weighted by atomic mass is 16.3. The van der Waals surface area contributed by atoms with Crippen LogP contribution in [0.15, 0.2) is 34.8 Å². The third-order valence-electron chi connectivity index (χ3n) is 8.81. The zero-order chi connectivity index (χ0) is 29.1. The van der Waals surface area contributed by atoms with Crippen molar-refractivity contribution < 1.29 is 39.6 Å². The molecule has 5 rings (SSSR count). The number of carbonyl (C=O) groups is 4. The van der Waals surface area contributed by atoms with Crippen LogP contribution in [0.3, 0.4) is 0 Å². The summed E-state index contributed by atoms with van der Waals surface area (Å²) in [5, 5.41) is 50.5. The number of hydrogen-bond acceptors (Lipinski definition) is 10. The van der Waals surface area contributed by atoms with Gasteiger partial charge in [-0.1, -0.05) is 12.5 Å². The van der Waals surface area contributed by atoms with E-state index in [0.29, 0.717) is 11.5 Å². The summed E-state index contributed by atoms with van der Waals surface area (Å²) in [6.45, 7) is 0.750. The summed E-state index contributed by atoms with van der Waals surface area (Å²) in [4.78, 5) is 53.1. The Labute approximate surface area is 230 Å². The third kappa shape index (κ3) is 4.18. The lowest BCUT2D eigenvalue weighted by Crippen LogP contribution is -2.63. The van der Waals surface area contributed by atoms with E-state index in [-0.39, 0.29) is 36.2 Å². The molecular weight excluding hydrogens is 520 g/mol. The topological polar surface area (TPSA) is 203 Å². The molecule has 0 radical (unpaired) electrons. The Morgan fingerprint density at radius 3 is 2.45 bits per heavy atom. The largest absolute Gasteiger partial charge is 0.510 e. The Kier molecular flexibility index (Phi) is 6.97. The van der Waals surface area contributed by atoms with Crippen LogP contribution in [0.2, 0.25) is 0 Å². The molecule has 1 aromatic rings. The predicted octanol–water partition coefficient (Wildman–Crippen LogP) is 0.449. The number of primary amides is 1. The van der Waals surface area contributed by atoms with Crippen molar-refractivity contribution in [1.82, 2.24) is 10.2 Å². The molecule has 0 aliphatic heterocycles. The molecule has 0 bridgehead atoms. The lowest BCUT2D eigenvalue weighted by Gasteiger charge is -2.50. The molecule has 4 aliphatic carbocycles. The van der Waals surface area contributed by atoms with E-state index in [2.05, 4.69) is 10.6 Å². The van der Waals surface area contributed by atoms with Crippen molar-refractivity contribution in [2.75, 3.05) is 32.5 Å². The molecule has 0 saturated heterocycles. The van der Waals surface area contributed by atoms with Gasteiger partial charge in [0, 0.05) is 11.5 Å². The van der Waals surface area contributed by atoms with Crippen molar-refractivity contribution in [3.05, 3.63) is 45.9 Å². The zero-order valence-electron chi connectivity index (χ0n) is 22.4. The Hall–Kier alpha value is -3.74. The average molecular weight is 555 g/mol. The van der Waals surface area contributed by atoms with Crippen molar-refractivity contribution in [2.45, 2.75) is 43.7 Å². The summed E-state index contributed by atoms with van der Waals surface area (Å²) < 4.78 is 0. The first-order valence-electron chi connectivity index (χ1n) is 13.4. The van der Waals surface area contributed by atoms with E-state index in [4.69, 9.17) is 5.73 Å². The van der Waals surface area contributed by atoms with Gasteiger partial charge >= 0.3 is 0 Å². The number of anilines is 1. The number of nitrogens with two attached hydrogens (primary N) is 1. The fourth-order valence-corrected chi connectivity index (χ4v) is 6.61. The highest BCUT2D eigenvalue weighted by Crippen LogP contribution is 2.52. The number of likely N-dealkylation sites (N-methyl/N-ethyl adjacent to an activating group) is 1. The van der Waals surface area contributed by atoms with Crippen LogP contribution in [0.25, 0.3) is 0 Å². The van der Waals surface area contributed by atoms with Crippen LogP contribution < -0.4 is 16.4 Å². The summed E-state index contributed by atoms with van der Waals surface area (Å²) in [5.74, 6) is -6.98. The lowest BCUT2D eigenvalue weighted by atomic mass is 9.58. The molecule has 214 valence electrons. The number of nitrogens with zero attached hydrogens (tertiary/aromatic N) is 1. The monoisotopic (exact) mass is 554 g/mol. The van der Waals surface area contributed by atoms with Gasteiger partial charge in [0.1, 0.15) is 17.1 Å². The fraction of sp³-hybridized carbons (Fsp3) is 0.500. The van der Waals surface area contributed by atoms with Crippen LogP contribution in [-0.2, 0) is 20.8 Å². The van der Waals surface area contributed by atoms with Gasteiger partial charge in [0.05, 0.1) is 23.8 Å². The molecule has 1 saturated carbocycles. The summed E-state index contributed by atoms with van der Waals surface area (Å²) >= 11 is 0. The zero-order valence-corrected chi connectivity index (χ0v) is 22.4. The average Bonchev–Trinajstić information content (AvgIpc) is 2.84. The number of fused-ring (bicyclic) bond motifs is 3. The van der Waals surface area contributed by atoms with Crippen LogP contribution in [0.4, 0.5) is 5.69 Å². The van der Waals surface area contributed by atoms with E-state index in [0.717, 1.165) is 19.4 Å². The molecule has 4 aliphatic rings. The van der Waals surface area contributed by atoms with Crippen molar-refractivity contribution in [1.29, 1.82) is 0 Å². The minimum Gasteiger partial charge on any atom is -0.510 e. The molecule has 8 N–H and O–H groups in total. The number of nitrogens with one attached hydrogen (secondary N) is 2. The molecule has 40 heavy (non-hydrogen) atoms. The fourth-order valence-electron chi connectivity index (χ4n) is 6.61. The van der Waals surface area contributed by atoms with Gasteiger partial charge < -0.3 is 36.8 Å². The van der Waals surface area contributed by atoms with Crippen molar-refractivity contribution in [2.24, 2.45) is 23.5 Å². The minimum atomic E-state index is -2.70. The highest BCUT2D eigenvalue weighted by molar-refractivity contribution is 6.25. The number of phenols is 1. The number of allylic oxidation sites excluding steroid dienone is 1. The van der Waals surface area contributed by atoms with Gasteiger partial charge in [0.2, 0.25) is 11.7 Å². The molecule has 2 amide bonds. The lowest BCUT2D eigenvalue weighted by molar-refractivity contribution is -0.148. The van der Waals surface area contributed by atoms with Crippen LogP contribution in [0, 0.1) is 17.8 Å². The number of rotatable bonds is 7. The summed E-state index contributed by atoms with van der Waals surface area (Å²) in [5.41, 5.74) is 1.88. The second kappa shape index (κ2) is 10.0. The van der Waals surface area contributed by atoms with Crippen molar-refractivity contribution in [3.63, 3.8) is 0 Å². The summed E-state index contributed by atoms with van der Waals surface area (Å²) in [7, 11) is 3.15. The Morgan fingerprint density at radius 2 is 1.85 bits per heavy atom. The number of benzene rings is 1. The van der Waals surface area contributed by atoms with E-state index in [1.165, 1.54) is 17.4 Å². The van der Waals surface area contributed by atoms with Gasteiger partial charge in [-0.05, 0) is 69.8 Å². The van der Waals surface area contributed by atoms with Crippen LogP contribution in [0.1, 0.15) is 41.6 Å². The van der Waals surface area contributed by atoms with E-state index >= 15 is 0 Å². The maximum absolute atomic E-state index is 13.7. The van der Waals surface area contributed by atoms with Crippen LogP contribution in [0.5, 0.6) is 5.75 Å². The molecule has 0 aromatic heterocycles. The van der Waals surface area contributed by atoms with Gasteiger partial charge in [0.25, 0.3) is 5.91 Å². The maximum Gasteiger partial charge on any atom is 0.255 e. The van der Waals surface area contributed by atoms with E-state index in [1.807, 2.05) is 0 Å². The van der Waals surface area contributed by atoms with Gasteiger partial charge in [-0.25, -0.2) is 0 Å². The first-order chi connectivity index (χ1) is 18.9. The van der Waals surface area contributed by atoms with Gasteiger partial charge in [-0.2, -0.15) is 0 Å². The summed E-state index contributed by atoms with van der Waals surface area (Å²) in [6, 6.07) is 2.06. The van der Waals surface area contributed by atoms with E-state index in [1.54, 1.807) is 20.2 Å². The van der Waals surface area contributed by atoms with E-state index in [9.17, 15) is 39.6 Å². The number of aliphatic hydroxyl groups is 3. The van der Waals surface area contributed by atoms with Crippen molar-refractivity contribution in [3.8, 4) is 5.75 Å². The molecular formula is C28H34N4O8. The minimum absolute atomic E-state index is 0.0116. The second-order valence-corrected chi connectivity index (χ2v) is 11.4. The molecule has 0 spiro atoms. The number of hydrogen-bond donors (Lipinski definition) is 7. The van der Waals surface area contributed by atoms with Gasteiger partial charge in [-0.3, -0.25) is 24.1 Å². The number of Topliss-reactive ketones (excluding diaryl/α,β-unsaturated/α-hetero) is 2. The van der Waals surface area contributed by atoms with Crippen molar-refractivity contribution >= 4 is 29.1 Å². The molecule has 2 unspecified atom stereocenters. The van der Waals surface area contributed by atoms with Gasteiger partial charge in [-0.15, -0.1) is 0 Å². The smallest absolute Gasteiger partial charge is 0.255 e. The first kappa shape index (κ1) is 27.8. The molecule has 0 heterocycles. The second-order valence-electron chi connectivity index (χ2n) is 11.4. The van der Waals surface area contributed by atoms with Crippen LogP contribution >= 0.6 is 0 Å². The number of carbonyl (C=O) groups excluding carboxylic acids is 4. The third-order valence-corrected chi connectivity index (χ3v) is 8.81. The van der Waals surface area contributed by atoms with Gasteiger partial charge in [0.15, 0.2) is 17.1 Å². The maximum atomic E-state index is 13.7. The number of ketones is 2. The quantitative estimate of drug-likeness (QED) is 0.183. The number of aromatic hydroxyl groups is 1. The first-order valence-corrected chi connectivity index (χ1v) is 13.4. The SMILES string of the molecule is CN(C)[C@@H]1C(O)=C(C(N)=O)C(=O)[C@@]2(O)C(O)=C3C(=O)c4c(ccc(NC(=O)CNCC5CCC5)c4O)CC3CC12. The summed E-state index contributed by atoms with van der Waals surface area (Å²) in [6.07, 6.45) is 3.64. The van der Waals surface area contributed by atoms with E-state index < -0.39 is 69.7 Å². The standard InChI is InChI=1S/C28H34N4O8/c1-32(2)21-15-9-14-8-13-6-7-16(31-17(33)11-30-10-12-4-3-5-12)22(34)18(13)23(35)19(14)25(37)28(15,40)26(38)20(24(21)36)27(29)39/h6-7,12,14-15,21,30,34,36-37,40H,3-5,8-11H2,1-2H3,(H2,29,39)(H,31,33)/t14?,15?,21-,28-/m0/s1. The van der Waals surface area contributed by atoms with Crippen LogP contribution in [-0.4, -0.2) is 87.5 Å². The number of amides is 2. The Balaban J connectivity index is 1.49. The molecule has 1 aromatic carbocycles. The molecule has 4 atom stereocenters. The molecule has 1 fully saturated rings. The Bertz CT molecular complexity index is 1380. The normalized spacial score (nSPS) is 28.1. The number of phenolic OH excluding ortho intramolecular Hbond substituents is 1.